The number of carbonyl (C=O) groups excluding carboxylic acids is 1. The number of pyridine rings is 1. The molecule has 1 atom stereocenters. The largest absolute Gasteiger partial charge is 0.375 e. The van der Waals surface area contributed by atoms with Gasteiger partial charge in [-0.2, -0.15) is 0 Å². The molecule has 0 fully saturated rings. The van der Waals surface area contributed by atoms with Crippen LogP contribution in [0.25, 0.3) is 0 Å². The fourth-order valence-electron chi connectivity index (χ4n) is 4.15. The normalized spacial score (nSPS) is 14.9. The van der Waals surface area contributed by atoms with E-state index in [0.717, 1.165) is 16.8 Å². The Morgan fingerprint density at radius 2 is 1.90 bits per heavy atom. The third kappa shape index (κ3) is 4.50. The van der Waals surface area contributed by atoms with Crippen LogP contribution in [0.4, 0.5) is 5.69 Å². The van der Waals surface area contributed by atoms with Gasteiger partial charge < -0.3 is 10.6 Å². The molecule has 31 heavy (non-hydrogen) atoms. The maximum atomic E-state index is 13.1. The molecule has 0 spiro atoms. The number of nitrogens with one attached hydrogen (secondary N) is 2. The smallest absolute Gasteiger partial charge is 0.277 e. The third-order valence-corrected chi connectivity index (χ3v) is 5.66. The number of benzene rings is 1. The summed E-state index contributed by atoms with van der Waals surface area (Å²) in [5.41, 5.74) is 5.51. The zero-order chi connectivity index (χ0) is 22.0. The minimum Gasteiger partial charge on any atom is -0.375 e. The van der Waals surface area contributed by atoms with Crippen LogP contribution in [-0.4, -0.2) is 20.4 Å². The Kier molecular flexibility index (Phi) is 5.84. The molecule has 2 N–H and O–H groups in total. The molecular weight excluding hydrogens is 390 g/mol. The highest BCUT2D eigenvalue weighted by Crippen LogP contribution is 2.23. The van der Waals surface area contributed by atoms with E-state index in [2.05, 4.69) is 52.6 Å². The summed E-state index contributed by atoms with van der Waals surface area (Å²) in [6, 6.07) is 9.54. The molecule has 3 aromatic rings. The van der Waals surface area contributed by atoms with E-state index in [9.17, 15) is 9.59 Å². The summed E-state index contributed by atoms with van der Waals surface area (Å²) in [6.45, 7) is 6.93. The van der Waals surface area contributed by atoms with Gasteiger partial charge in [-0.1, -0.05) is 35.4 Å². The second-order valence-corrected chi connectivity index (χ2v) is 8.13. The van der Waals surface area contributed by atoms with Crippen molar-refractivity contribution in [3.63, 3.8) is 0 Å². The number of hydrogen-bond acceptors (Lipinski definition) is 5. The van der Waals surface area contributed by atoms with Gasteiger partial charge >= 0.3 is 0 Å². The monoisotopic (exact) mass is 417 g/mol. The number of anilines is 1. The molecule has 160 valence electrons. The zero-order valence-corrected chi connectivity index (χ0v) is 18.1. The van der Waals surface area contributed by atoms with Crippen LogP contribution in [-0.2, 0) is 24.3 Å². The molecule has 0 radical (unpaired) electrons. The summed E-state index contributed by atoms with van der Waals surface area (Å²) in [5.74, 6) is 0.483. The summed E-state index contributed by atoms with van der Waals surface area (Å²) >= 11 is 0. The van der Waals surface area contributed by atoms with E-state index >= 15 is 0 Å². The molecule has 3 heterocycles. The van der Waals surface area contributed by atoms with Gasteiger partial charge in [0.05, 0.1) is 6.20 Å². The highest BCUT2D eigenvalue weighted by Gasteiger charge is 2.31. The van der Waals surface area contributed by atoms with Gasteiger partial charge in [0.2, 0.25) is 5.91 Å². The second kappa shape index (κ2) is 8.71. The number of aromatic nitrogens is 3. The summed E-state index contributed by atoms with van der Waals surface area (Å²) in [6.07, 6.45) is 4.49. The number of fused-ring (bicyclic) bond motifs is 1. The van der Waals surface area contributed by atoms with Crippen molar-refractivity contribution in [1.82, 2.24) is 19.9 Å². The van der Waals surface area contributed by atoms with Crippen LogP contribution in [0, 0.1) is 20.8 Å². The molecule has 0 saturated heterocycles. The van der Waals surface area contributed by atoms with Crippen LogP contribution in [0.3, 0.4) is 0 Å². The lowest BCUT2D eigenvalue weighted by Gasteiger charge is -2.16. The van der Waals surface area contributed by atoms with Crippen molar-refractivity contribution in [2.24, 2.45) is 0 Å². The standard InChI is InChI=1S/C24H27N5O2/c1-15-9-16(2)11-18(10-15)12-26-20-14-27-22-7-6-21(29(22)24(20)31)23(30)28-13-19-5-4-8-25-17(19)3/h4-5,8-11,14,21,26H,6-7,12-13H2,1-3H3,(H,28,30)/t21-/m0/s1. The Balaban J connectivity index is 1.49. The Morgan fingerprint density at radius 3 is 2.65 bits per heavy atom. The van der Waals surface area contributed by atoms with E-state index in [1.54, 1.807) is 12.4 Å². The Bertz CT molecular complexity index is 1160. The molecule has 7 heteroatoms. The minimum absolute atomic E-state index is 0.169. The van der Waals surface area contributed by atoms with Crippen molar-refractivity contribution in [1.29, 1.82) is 0 Å². The van der Waals surface area contributed by atoms with Crippen molar-refractivity contribution >= 4 is 11.6 Å². The lowest BCUT2D eigenvalue weighted by molar-refractivity contribution is -0.124. The van der Waals surface area contributed by atoms with Crippen LogP contribution >= 0.6 is 0 Å². The van der Waals surface area contributed by atoms with E-state index in [1.807, 2.05) is 19.1 Å². The van der Waals surface area contributed by atoms with Crippen molar-refractivity contribution in [3.05, 3.63) is 86.9 Å². The molecule has 0 unspecified atom stereocenters. The quantitative estimate of drug-likeness (QED) is 0.644. The molecule has 1 aliphatic heterocycles. The highest BCUT2D eigenvalue weighted by atomic mass is 16.2. The fourth-order valence-corrected chi connectivity index (χ4v) is 4.15. The van der Waals surface area contributed by atoms with E-state index in [0.29, 0.717) is 37.4 Å². The first kappa shape index (κ1) is 20.8. The van der Waals surface area contributed by atoms with Gasteiger partial charge in [0, 0.05) is 31.4 Å². The Morgan fingerprint density at radius 1 is 1.13 bits per heavy atom. The maximum Gasteiger partial charge on any atom is 0.277 e. The fraction of sp³-hybridized carbons (Fsp3) is 0.333. The van der Waals surface area contributed by atoms with Crippen LogP contribution < -0.4 is 16.2 Å². The van der Waals surface area contributed by atoms with Crippen LogP contribution in [0.1, 0.15) is 46.2 Å². The summed E-state index contributed by atoms with van der Waals surface area (Å²) in [4.78, 5) is 34.7. The second-order valence-electron chi connectivity index (χ2n) is 8.13. The number of aryl methyl sites for hydroxylation is 4. The van der Waals surface area contributed by atoms with Crippen LogP contribution in [0.2, 0.25) is 0 Å². The van der Waals surface area contributed by atoms with Gasteiger partial charge in [-0.15, -0.1) is 0 Å². The van der Waals surface area contributed by atoms with Gasteiger partial charge in [-0.05, 0) is 44.4 Å². The first-order valence-electron chi connectivity index (χ1n) is 10.5. The maximum absolute atomic E-state index is 13.1. The lowest BCUT2D eigenvalue weighted by Crippen LogP contribution is -2.36. The molecule has 0 saturated carbocycles. The van der Waals surface area contributed by atoms with Crippen molar-refractivity contribution in [2.75, 3.05) is 5.32 Å². The van der Waals surface area contributed by atoms with E-state index in [1.165, 1.54) is 15.7 Å². The molecule has 0 aliphatic carbocycles. The first-order valence-corrected chi connectivity index (χ1v) is 10.5. The molecule has 2 aromatic heterocycles. The molecular formula is C24H27N5O2. The Labute approximate surface area is 181 Å². The van der Waals surface area contributed by atoms with Gasteiger partial charge in [0.1, 0.15) is 17.6 Å². The number of hydrogen-bond donors (Lipinski definition) is 2. The number of amides is 1. The predicted octanol–water partition coefficient (Wildman–Crippen LogP) is 2.98. The molecule has 0 bridgehead atoms. The SMILES string of the molecule is Cc1cc(C)cc(CNc2cnc3n(c2=O)[C@H](C(=O)NCc2cccnc2C)CC3)c1. The minimum atomic E-state index is -0.546. The average Bonchev–Trinajstić information content (AvgIpc) is 3.17. The van der Waals surface area contributed by atoms with Gasteiger partial charge in [-0.3, -0.25) is 19.1 Å². The highest BCUT2D eigenvalue weighted by molar-refractivity contribution is 5.81. The van der Waals surface area contributed by atoms with Gasteiger partial charge in [0.25, 0.3) is 5.56 Å². The van der Waals surface area contributed by atoms with Crippen molar-refractivity contribution in [2.45, 2.75) is 52.7 Å². The summed E-state index contributed by atoms with van der Waals surface area (Å²) in [7, 11) is 0. The predicted molar refractivity (Wildman–Crippen MR) is 120 cm³/mol. The van der Waals surface area contributed by atoms with Crippen LogP contribution in [0.5, 0.6) is 0 Å². The average molecular weight is 418 g/mol. The number of nitrogens with zero attached hydrogens (tertiary/aromatic N) is 3. The van der Waals surface area contributed by atoms with E-state index < -0.39 is 6.04 Å². The van der Waals surface area contributed by atoms with E-state index in [4.69, 9.17) is 0 Å². The van der Waals surface area contributed by atoms with Crippen LogP contribution in [0.15, 0.2) is 47.5 Å². The molecule has 7 nitrogen and oxygen atoms in total. The lowest BCUT2D eigenvalue weighted by atomic mass is 10.1. The number of rotatable bonds is 6. The third-order valence-electron chi connectivity index (χ3n) is 5.66. The van der Waals surface area contributed by atoms with E-state index in [-0.39, 0.29) is 11.5 Å². The summed E-state index contributed by atoms with van der Waals surface area (Å²) in [5, 5.41) is 6.16. The molecule has 1 aliphatic rings. The van der Waals surface area contributed by atoms with Crippen molar-refractivity contribution < 1.29 is 4.79 Å². The Hall–Kier alpha value is -3.48. The van der Waals surface area contributed by atoms with Gasteiger partial charge in [-0.25, -0.2) is 4.98 Å². The van der Waals surface area contributed by atoms with Crippen molar-refractivity contribution in [3.8, 4) is 0 Å². The molecule has 1 aromatic carbocycles. The van der Waals surface area contributed by atoms with Gasteiger partial charge in [0.15, 0.2) is 0 Å². The topological polar surface area (TPSA) is 88.9 Å². The number of carbonyl (C=O) groups is 1. The molecule has 1 amide bonds. The zero-order valence-electron chi connectivity index (χ0n) is 18.1. The first-order chi connectivity index (χ1) is 14.9. The molecule has 4 rings (SSSR count). The summed E-state index contributed by atoms with van der Waals surface area (Å²) < 4.78 is 1.54.